The van der Waals surface area contributed by atoms with Gasteiger partial charge in [-0.15, -0.1) is 0 Å². The molecule has 4 nitrogen and oxygen atoms in total. The topological polar surface area (TPSA) is 31.4 Å². The van der Waals surface area contributed by atoms with Gasteiger partial charge in [0.25, 0.3) is 0 Å². The molecule has 1 unspecified atom stereocenters. The Labute approximate surface area is 130 Å². The molecular weight excluding hydrogens is 349 g/mol. The lowest BCUT2D eigenvalue weighted by Gasteiger charge is -2.37. The highest BCUT2D eigenvalue weighted by molar-refractivity contribution is 9.10. The Bertz CT molecular complexity index is 495. The van der Waals surface area contributed by atoms with Gasteiger partial charge in [0.15, 0.2) is 0 Å². The lowest BCUT2D eigenvalue weighted by Crippen LogP contribution is -2.52. The second-order valence-corrected chi connectivity index (χ2v) is 6.24. The van der Waals surface area contributed by atoms with Crippen LogP contribution in [-0.2, 0) is 6.18 Å². The van der Waals surface area contributed by atoms with Crippen molar-refractivity contribution in [1.82, 2.24) is 14.8 Å². The van der Waals surface area contributed by atoms with Crippen LogP contribution in [0.15, 0.2) is 16.7 Å². The standard InChI is InChI=1S/C13H18BrF3N4/c1-20-3-4-21(2)10(8-20)7-19-12-11(13(15,16)17)5-9(14)6-18-12/h5-6,10H,3-4,7-8H2,1-2H3,(H,18,19). The smallest absolute Gasteiger partial charge is 0.368 e. The summed E-state index contributed by atoms with van der Waals surface area (Å²) < 4.78 is 39.4. The molecule has 1 aliphatic heterocycles. The van der Waals surface area contributed by atoms with E-state index >= 15 is 0 Å². The van der Waals surface area contributed by atoms with Crippen LogP contribution in [0, 0.1) is 0 Å². The maximum absolute atomic E-state index is 13.0. The first-order valence-corrected chi connectivity index (χ1v) is 7.42. The van der Waals surface area contributed by atoms with E-state index in [2.05, 4.69) is 36.0 Å². The number of aromatic nitrogens is 1. The van der Waals surface area contributed by atoms with E-state index in [1.165, 1.54) is 6.20 Å². The third-order valence-corrected chi connectivity index (χ3v) is 4.08. The normalized spacial score (nSPS) is 21.5. The molecule has 1 aromatic heterocycles. The summed E-state index contributed by atoms with van der Waals surface area (Å²) >= 11 is 3.03. The highest BCUT2D eigenvalue weighted by atomic mass is 79.9. The lowest BCUT2D eigenvalue weighted by atomic mass is 10.1. The van der Waals surface area contributed by atoms with Gasteiger partial charge in [0.1, 0.15) is 5.82 Å². The maximum Gasteiger partial charge on any atom is 0.419 e. The second-order valence-electron chi connectivity index (χ2n) is 5.33. The number of rotatable bonds is 3. The molecule has 0 bridgehead atoms. The van der Waals surface area contributed by atoms with Crippen LogP contribution in [0.3, 0.4) is 0 Å². The molecule has 1 fully saturated rings. The van der Waals surface area contributed by atoms with Crippen LogP contribution in [0.25, 0.3) is 0 Å². The number of nitrogens with zero attached hydrogens (tertiary/aromatic N) is 3. The molecule has 2 heterocycles. The van der Waals surface area contributed by atoms with Crippen molar-refractivity contribution in [2.24, 2.45) is 0 Å². The van der Waals surface area contributed by atoms with Crippen LogP contribution in [-0.4, -0.2) is 61.1 Å². The van der Waals surface area contributed by atoms with Crippen molar-refractivity contribution in [3.8, 4) is 0 Å². The Kier molecular flexibility index (Phi) is 5.11. The zero-order valence-electron chi connectivity index (χ0n) is 11.9. The minimum Gasteiger partial charge on any atom is -0.368 e. The van der Waals surface area contributed by atoms with Gasteiger partial charge in [0, 0.05) is 42.9 Å². The summed E-state index contributed by atoms with van der Waals surface area (Å²) in [5, 5.41) is 2.85. The van der Waals surface area contributed by atoms with Crippen LogP contribution in [0.1, 0.15) is 5.56 Å². The molecule has 1 N–H and O–H groups in total. The Morgan fingerprint density at radius 2 is 2.10 bits per heavy atom. The molecule has 0 spiro atoms. The molecule has 0 amide bonds. The van der Waals surface area contributed by atoms with Gasteiger partial charge in [-0.05, 0) is 36.1 Å². The number of hydrogen-bond acceptors (Lipinski definition) is 4. The lowest BCUT2D eigenvalue weighted by molar-refractivity contribution is -0.137. The van der Waals surface area contributed by atoms with Gasteiger partial charge < -0.3 is 10.2 Å². The minimum atomic E-state index is -4.42. The zero-order valence-corrected chi connectivity index (χ0v) is 13.5. The highest BCUT2D eigenvalue weighted by Gasteiger charge is 2.35. The first-order chi connectivity index (χ1) is 9.77. The van der Waals surface area contributed by atoms with Gasteiger partial charge in [0.2, 0.25) is 0 Å². The molecular formula is C13H18BrF3N4. The predicted molar refractivity (Wildman–Crippen MR) is 79.3 cm³/mol. The van der Waals surface area contributed by atoms with Gasteiger partial charge in [-0.25, -0.2) is 4.98 Å². The molecule has 0 radical (unpaired) electrons. The third-order valence-electron chi connectivity index (χ3n) is 3.65. The van der Waals surface area contributed by atoms with Crippen molar-refractivity contribution in [1.29, 1.82) is 0 Å². The van der Waals surface area contributed by atoms with Crippen LogP contribution in [0.4, 0.5) is 19.0 Å². The average molecular weight is 367 g/mol. The number of hydrogen-bond donors (Lipinski definition) is 1. The van der Waals surface area contributed by atoms with Crippen molar-refractivity contribution >= 4 is 21.7 Å². The number of alkyl halides is 3. The molecule has 2 rings (SSSR count). The van der Waals surface area contributed by atoms with Crippen molar-refractivity contribution < 1.29 is 13.2 Å². The van der Waals surface area contributed by atoms with Crippen LogP contribution >= 0.6 is 15.9 Å². The number of nitrogens with one attached hydrogen (secondary N) is 1. The largest absolute Gasteiger partial charge is 0.419 e. The quantitative estimate of drug-likeness (QED) is 0.890. The Hall–Kier alpha value is -0.860. The number of anilines is 1. The van der Waals surface area contributed by atoms with E-state index in [1.807, 2.05) is 14.1 Å². The van der Waals surface area contributed by atoms with Gasteiger partial charge in [0.05, 0.1) is 5.56 Å². The van der Waals surface area contributed by atoms with E-state index < -0.39 is 11.7 Å². The number of piperazine rings is 1. The summed E-state index contributed by atoms with van der Waals surface area (Å²) in [6, 6.07) is 1.21. The van der Waals surface area contributed by atoms with Crippen molar-refractivity contribution in [3.63, 3.8) is 0 Å². The van der Waals surface area contributed by atoms with Crippen molar-refractivity contribution in [2.45, 2.75) is 12.2 Å². The van der Waals surface area contributed by atoms with Gasteiger partial charge in [-0.1, -0.05) is 0 Å². The SMILES string of the molecule is CN1CCN(C)C(CNc2ncc(Br)cc2C(F)(F)F)C1. The van der Waals surface area contributed by atoms with E-state index in [4.69, 9.17) is 0 Å². The Balaban J connectivity index is 2.09. The van der Waals surface area contributed by atoms with Crippen LogP contribution in [0.2, 0.25) is 0 Å². The molecule has 1 aromatic rings. The maximum atomic E-state index is 13.0. The van der Waals surface area contributed by atoms with Crippen molar-refractivity contribution in [2.75, 3.05) is 45.6 Å². The Morgan fingerprint density at radius 1 is 1.38 bits per heavy atom. The van der Waals surface area contributed by atoms with Gasteiger partial charge in [-0.2, -0.15) is 13.2 Å². The molecule has 0 saturated carbocycles. The second kappa shape index (κ2) is 6.50. The number of likely N-dealkylation sites (N-methyl/N-ethyl adjacent to an activating group) is 2. The van der Waals surface area contributed by atoms with Crippen LogP contribution < -0.4 is 5.32 Å². The summed E-state index contributed by atoms with van der Waals surface area (Å²) in [7, 11) is 4.00. The molecule has 1 saturated heterocycles. The summed E-state index contributed by atoms with van der Waals surface area (Å²) in [6.07, 6.45) is -3.05. The Morgan fingerprint density at radius 3 is 2.76 bits per heavy atom. The molecule has 1 aliphatic rings. The summed E-state index contributed by atoms with van der Waals surface area (Å²) in [6.45, 7) is 3.13. The van der Waals surface area contributed by atoms with E-state index in [1.54, 1.807) is 0 Å². The summed E-state index contributed by atoms with van der Waals surface area (Å²) in [4.78, 5) is 8.19. The first-order valence-electron chi connectivity index (χ1n) is 6.63. The van der Waals surface area contributed by atoms with E-state index in [9.17, 15) is 13.2 Å². The fourth-order valence-corrected chi connectivity index (χ4v) is 2.66. The predicted octanol–water partition coefficient (Wildman–Crippen LogP) is 2.52. The monoisotopic (exact) mass is 366 g/mol. The molecule has 21 heavy (non-hydrogen) atoms. The third kappa shape index (κ3) is 4.31. The molecule has 118 valence electrons. The van der Waals surface area contributed by atoms with E-state index in [0.29, 0.717) is 11.0 Å². The summed E-state index contributed by atoms with van der Waals surface area (Å²) in [5.41, 5.74) is -0.747. The average Bonchev–Trinajstić information content (AvgIpc) is 2.40. The number of halogens is 4. The number of pyridine rings is 1. The molecule has 1 atom stereocenters. The van der Waals surface area contributed by atoms with Gasteiger partial charge in [-0.3, -0.25) is 4.90 Å². The fraction of sp³-hybridized carbons (Fsp3) is 0.615. The van der Waals surface area contributed by atoms with E-state index in [-0.39, 0.29) is 11.9 Å². The zero-order chi connectivity index (χ0) is 15.6. The minimum absolute atomic E-state index is 0.118. The molecule has 0 aliphatic carbocycles. The van der Waals surface area contributed by atoms with E-state index in [0.717, 1.165) is 25.7 Å². The fourth-order valence-electron chi connectivity index (χ4n) is 2.33. The molecule has 0 aromatic carbocycles. The molecule has 8 heteroatoms. The van der Waals surface area contributed by atoms with Crippen molar-refractivity contribution in [3.05, 3.63) is 22.3 Å². The summed E-state index contributed by atoms with van der Waals surface area (Å²) in [5.74, 6) is -0.118. The van der Waals surface area contributed by atoms with Crippen LogP contribution in [0.5, 0.6) is 0 Å². The van der Waals surface area contributed by atoms with Gasteiger partial charge >= 0.3 is 6.18 Å². The highest BCUT2D eigenvalue weighted by Crippen LogP contribution is 2.35. The first kappa shape index (κ1) is 16.5.